The zero-order valence-electron chi connectivity index (χ0n) is 8.30. The Bertz CT molecular complexity index is 471. The lowest BCUT2D eigenvalue weighted by Gasteiger charge is -2.04. The van der Waals surface area contributed by atoms with E-state index in [1.54, 1.807) is 15.9 Å². The summed E-state index contributed by atoms with van der Waals surface area (Å²) in [5, 5.41) is 11.0. The Morgan fingerprint density at radius 2 is 2.33 bits per heavy atom. The predicted molar refractivity (Wildman–Crippen MR) is 59.5 cm³/mol. The SMILES string of the molecule is Cc1ccn(Cc2cccs2)c1C(=O)O. The van der Waals surface area contributed by atoms with Crippen LogP contribution >= 0.6 is 11.3 Å². The largest absolute Gasteiger partial charge is 0.477 e. The highest BCUT2D eigenvalue weighted by Gasteiger charge is 2.13. The van der Waals surface area contributed by atoms with Crippen LogP contribution < -0.4 is 0 Å². The normalized spacial score (nSPS) is 10.5. The first-order valence-corrected chi connectivity index (χ1v) is 5.48. The van der Waals surface area contributed by atoms with Gasteiger partial charge in [0.15, 0.2) is 0 Å². The van der Waals surface area contributed by atoms with Crippen molar-refractivity contribution in [1.29, 1.82) is 0 Å². The van der Waals surface area contributed by atoms with E-state index >= 15 is 0 Å². The summed E-state index contributed by atoms with van der Waals surface area (Å²) in [4.78, 5) is 12.2. The smallest absolute Gasteiger partial charge is 0.352 e. The van der Waals surface area contributed by atoms with Crippen molar-refractivity contribution in [3.05, 3.63) is 45.9 Å². The number of carbonyl (C=O) groups is 1. The minimum absolute atomic E-state index is 0.378. The second kappa shape index (κ2) is 3.90. The molecule has 2 aromatic rings. The number of rotatable bonds is 3. The second-order valence-electron chi connectivity index (χ2n) is 3.36. The lowest BCUT2D eigenvalue weighted by molar-refractivity contribution is 0.0685. The fourth-order valence-corrected chi connectivity index (χ4v) is 2.28. The fourth-order valence-electron chi connectivity index (χ4n) is 1.58. The lowest BCUT2D eigenvalue weighted by Crippen LogP contribution is -2.09. The van der Waals surface area contributed by atoms with E-state index in [4.69, 9.17) is 5.11 Å². The van der Waals surface area contributed by atoms with E-state index in [1.165, 1.54) is 0 Å². The van der Waals surface area contributed by atoms with E-state index in [0.29, 0.717) is 12.2 Å². The van der Waals surface area contributed by atoms with E-state index in [1.807, 2.05) is 36.7 Å². The molecule has 0 saturated carbocycles. The Morgan fingerprint density at radius 3 is 2.93 bits per heavy atom. The molecule has 0 unspecified atom stereocenters. The summed E-state index contributed by atoms with van der Waals surface area (Å²) in [7, 11) is 0. The van der Waals surface area contributed by atoms with E-state index in [9.17, 15) is 4.79 Å². The van der Waals surface area contributed by atoms with Gasteiger partial charge in [0.05, 0.1) is 6.54 Å². The fraction of sp³-hybridized carbons (Fsp3) is 0.182. The third-order valence-electron chi connectivity index (χ3n) is 2.27. The first-order valence-electron chi connectivity index (χ1n) is 4.60. The molecule has 0 bridgehead atoms. The van der Waals surface area contributed by atoms with Gasteiger partial charge in [-0.1, -0.05) is 6.07 Å². The minimum Gasteiger partial charge on any atom is -0.477 e. The quantitative estimate of drug-likeness (QED) is 0.865. The Morgan fingerprint density at radius 1 is 1.53 bits per heavy atom. The summed E-state index contributed by atoms with van der Waals surface area (Å²) in [5.41, 5.74) is 1.18. The molecule has 2 aromatic heterocycles. The van der Waals surface area contributed by atoms with Crippen molar-refractivity contribution in [3.8, 4) is 0 Å². The van der Waals surface area contributed by atoms with Gasteiger partial charge in [-0.25, -0.2) is 4.79 Å². The molecule has 0 atom stereocenters. The van der Waals surface area contributed by atoms with Crippen LogP contribution in [0.3, 0.4) is 0 Å². The highest BCUT2D eigenvalue weighted by Crippen LogP contribution is 2.15. The van der Waals surface area contributed by atoms with Crippen LogP contribution in [0.4, 0.5) is 0 Å². The maximum Gasteiger partial charge on any atom is 0.352 e. The first kappa shape index (κ1) is 9.98. The number of hydrogen-bond donors (Lipinski definition) is 1. The number of aromatic carboxylic acids is 1. The zero-order chi connectivity index (χ0) is 10.8. The topological polar surface area (TPSA) is 42.2 Å². The van der Waals surface area contributed by atoms with Crippen molar-refractivity contribution < 1.29 is 9.90 Å². The molecular formula is C11H11NO2S. The molecule has 78 valence electrons. The van der Waals surface area contributed by atoms with Gasteiger partial charge in [0.2, 0.25) is 0 Å². The highest BCUT2D eigenvalue weighted by atomic mass is 32.1. The van der Waals surface area contributed by atoms with Crippen molar-refractivity contribution in [3.63, 3.8) is 0 Å². The molecule has 0 aliphatic carbocycles. The predicted octanol–water partition coefficient (Wildman–Crippen LogP) is 2.60. The van der Waals surface area contributed by atoms with Gasteiger partial charge in [-0.15, -0.1) is 11.3 Å². The monoisotopic (exact) mass is 221 g/mol. The maximum atomic E-state index is 11.0. The van der Waals surface area contributed by atoms with Crippen LogP contribution in [0.2, 0.25) is 0 Å². The number of thiophene rings is 1. The lowest BCUT2D eigenvalue weighted by atomic mass is 10.3. The summed E-state index contributed by atoms with van der Waals surface area (Å²) in [6.07, 6.45) is 1.82. The maximum absolute atomic E-state index is 11.0. The van der Waals surface area contributed by atoms with E-state index in [0.717, 1.165) is 10.4 Å². The molecule has 0 aromatic carbocycles. The third-order valence-corrected chi connectivity index (χ3v) is 3.14. The summed E-state index contributed by atoms with van der Waals surface area (Å²) in [6.45, 7) is 2.45. The average Bonchev–Trinajstić information content (AvgIpc) is 2.76. The molecule has 0 saturated heterocycles. The molecule has 0 fully saturated rings. The second-order valence-corrected chi connectivity index (χ2v) is 4.39. The molecule has 0 radical (unpaired) electrons. The van der Waals surface area contributed by atoms with Gasteiger partial charge >= 0.3 is 5.97 Å². The Hall–Kier alpha value is -1.55. The Labute approximate surface area is 91.6 Å². The first-order chi connectivity index (χ1) is 7.18. The van der Waals surface area contributed by atoms with Crippen molar-refractivity contribution in [2.24, 2.45) is 0 Å². The van der Waals surface area contributed by atoms with Crippen LogP contribution in [0.15, 0.2) is 29.8 Å². The number of carboxylic acids is 1. The van der Waals surface area contributed by atoms with Gasteiger partial charge in [-0.2, -0.15) is 0 Å². The molecule has 0 aliphatic rings. The standard InChI is InChI=1S/C11H11NO2S/c1-8-4-5-12(10(8)11(13)14)7-9-3-2-6-15-9/h2-6H,7H2,1H3,(H,13,14). The molecule has 0 spiro atoms. The summed E-state index contributed by atoms with van der Waals surface area (Å²) >= 11 is 1.63. The van der Waals surface area contributed by atoms with Crippen molar-refractivity contribution >= 4 is 17.3 Å². The zero-order valence-corrected chi connectivity index (χ0v) is 9.12. The number of hydrogen-bond acceptors (Lipinski definition) is 2. The van der Waals surface area contributed by atoms with Gasteiger partial charge in [0, 0.05) is 11.1 Å². The van der Waals surface area contributed by atoms with E-state index in [-0.39, 0.29) is 0 Å². The van der Waals surface area contributed by atoms with Crippen LogP contribution in [-0.2, 0) is 6.54 Å². The highest BCUT2D eigenvalue weighted by molar-refractivity contribution is 7.09. The molecule has 1 N–H and O–H groups in total. The molecule has 2 rings (SSSR count). The van der Waals surface area contributed by atoms with Crippen LogP contribution in [0.25, 0.3) is 0 Å². The van der Waals surface area contributed by atoms with Crippen LogP contribution in [0.1, 0.15) is 20.9 Å². The third kappa shape index (κ3) is 1.94. The molecule has 0 amide bonds. The van der Waals surface area contributed by atoms with Gasteiger partial charge in [0.1, 0.15) is 5.69 Å². The van der Waals surface area contributed by atoms with Gasteiger partial charge < -0.3 is 9.67 Å². The Balaban J connectivity index is 2.33. The number of aryl methyl sites for hydroxylation is 1. The Kier molecular flexibility index (Phi) is 2.60. The molecule has 4 heteroatoms. The molecular weight excluding hydrogens is 210 g/mol. The molecule has 0 aliphatic heterocycles. The summed E-state index contributed by atoms with van der Waals surface area (Å²) in [6, 6.07) is 5.81. The van der Waals surface area contributed by atoms with Crippen LogP contribution in [-0.4, -0.2) is 15.6 Å². The van der Waals surface area contributed by atoms with Crippen molar-refractivity contribution in [2.45, 2.75) is 13.5 Å². The van der Waals surface area contributed by atoms with Crippen LogP contribution in [0.5, 0.6) is 0 Å². The van der Waals surface area contributed by atoms with Gasteiger partial charge in [-0.05, 0) is 30.0 Å². The molecule has 15 heavy (non-hydrogen) atoms. The average molecular weight is 221 g/mol. The number of nitrogens with zero attached hydrogens (tertiary/aromatic N) is 1. The van der Waals surface area contributed by atoms with Crippen molar-refractivity contribution in [2.75, 3.05) is 0 Å². The minimum atomic E-state index is -0.867. The number of aromatic nitrogens is 1. The molecule has 3 nitrogen and oxygen atoms in total. The summed E-state index contributed by atoms with van der Waals surface area (Å²) in [5.74, 6) is -0.867. The van der Waals surface area contributed by atoms with E-state index in [2.05, 4.69) is 0 Å². The van der Waals surface area contributed by atoms with Crippen molar-refractivity contribution in [1.82, 2.24) is 4.57 Å². The van der Waals surface area contributed by atoms with Crippen LogP contribution in [0, 0.1) is 6.92 Å². The van der Waals surface area contributed by atoms with Gasteiger partial charge in [-0.3, -0.25) is 0 Å². The number of carboxylic acid groups (broad SMARTS) is 1. The van der Waals surface area contributed by atoms with E-state index < -0.39 is 5.97 Å². The summed E-state index contributed by atoms with van der Waals surface area (Å²) < 4.78 is 1.77. The molecule has 2 heterocycles. The van der Waals surface area contributed by atoms with Gasteiger partial charge in [0.25, 0.3) is 0 Å².